The lowest BCUT2D eigenvalue weighted by molar-refractivity contribution is -0.132. The van der Waals surface area contributed by atoms with Crippen LogP contribution in [0.3, 0.4) is 0 Å². The van der Waals surface area contributed by atoms with Gasteiger partial charge in [0, 0.05) is 25.7 Å². The molecule has 0 bridgehead atoms. The van der Waals surface area contributed by atoms with Crippen molar-refractivity contribution in [3.63, 3.8) is 0 Å². The van der Waals surface area contributed by atoms with E-state index in [4.69, 9.17) is 0 Å². The quantitative estimate of drug-likeness (QED) is 0.708. The Morgan fingerprint density at radius 3 is 3.07 bits per heavy atom. The van der Waals surface area contributed by atoms with Crippen LogP contribution in [0, 0.1) is 0 Å². The van der Waals surface area contributed by atoms with Crippen molar-refractivity contribution in [3.05, 3.63) is 0 Å². The smallest absolute Gasteiger partial charge is 0.236 e. The van der Waals surface area contributed by atoms with Gasteiger partial charge in [-0.25, -0.2) is 0 Å². The number of carbonyl (C=O) groups excluding carboxylic acids is 1. The molecule has 0 aromatic heterocycles. The highest BCUT2D eigenvalue weighted by atomic mass is 16.2. The topological polar surface area (TPSA) is 35.6 Å². The highest BCUT2D eigenvalue weighted by Crippen LogP contribution is 2.21. The van der Waals surface area contributed by atoms with Crippen LogP contribution in [0.15, 0.2) is 0 Å². The number of nitrogens with one attached hydrogen (secondary N) is 1. The molecule has 2 aliphatic rings. The van der Waals surface area contributed by atoms with Gasteiger partial charge in [-0.1, -0.05) is 6.92 Å². The van der Waals surface area contributed by atoms with Crippen molar-refractivity contribution >= 4 is 5.91 Å². The van der Waals surface area contributed by atoms with Gasteiger partial charge >= 0.3 is 0 Å². The minimum Gasteiger partial charge on any atom is -0.339 e. The average Bonchev–Trinajstić information content (AvgIpc) is 2.72. The van der Waals surface area contributed by atoms with Gasteiger partial charge in [-0.3, -0.25) is 9.69 Å². The summed E-state index contributed by atoms with van der Waals surface area (Å²) in [5.74, 6) is 0.267. The molecule has 2 rings (SSSR count). The first-order valence-corrected chi connectivity index (χ1v) is 6.04. The van der Waals surface area contributed by atoms with E-state index < -0.39 is 0 Å². The maximum atomic E-state index is 11.8. The van der Waals surface area contributed by atoms with E-state index in [1.807, 2.05) is 11.8 Å². The second kappa shape index (κ2) is 4.94. The molecule has 1 unspecified atom stereocenters. The molecule has 15 heavy (non-hydrogen) atoms. The lowest BCUT2D eigenvalue weighted by Crippen LogP contribution is -2.53. The van der Waals surface area contributed by atoms with Crippen LogP contribution in [0.4, 0.5) is 0 Å². The molecule has 0 aliphatic carbocycles. The lowest BCUT2D eigenvalue weighted by atomic mass is 10.1. The lowest BCUT2D eigenvalue weighted by Gasteiger charge is -2.37. The van der Waals surface area contributed by atoms with Crippen LogP contribution >= 0.6 is 0 Å². The van der Waals surface area contributed by atoms with E-state index in [2.05, 4.69) is 10.2 Å². The molecule has 0 saturated carbocycles. The third-order valence-corrected chi connectivity index (χ3v) is 3.47. The van der Waals surface area contributed by atoms with Crippen molar-refractivity contribution in [2.45, 2.75) is 25.8 Å². The Bertz CT molecular complexity index is 232. The number of hydrogen-bond acceptors (Lipinski definition) is 3. The summed E-state index contributed by atoms with van der Waals surface area (Å²) in [6.45, 7) is 7.58. The number of hydrogen-bond donors (Lipinski definition) is 1. The van der Waals surface area contributed by atoms with E-state index in [1.54, 1.807) is 0 Å². The highest BCUT2D eigenvalue weighted by molar-refractivity contribution is 5.78. The van der Waals surface area contributed by atoms with Gasteiger partial charge in [0.2, 0.25) is 5.91 Å². The average molecular weight is 211 g/mol. The van der Waals surface area contributed by atoms with Crippen LogP contribution in [0.1, 0.15) is 19.8 Å². The van der Waals surface area contributed by atoms with Crippen molar-refractivity contribution in [1.29, 1.82) is 0 Å². The van der Waals surface area contributed by atoms with Crippen LogP contribution < -0.4 is 5.32 Å². The first-order valence-electron chi connectivity index (χ1n) is 6.04. The molecule has 1 atom stereocenters. The Hall–Kier alpha value is -0.610. The monoisotopic (exact) mass is 211 g/mol. The molecule has 0 aromatic rings. The summed E-state index contributed by atoms with van der Waals surface area (Å²) in [5.41, 5.74) is 0. The van der Waals surface area contributed by atoms with Gasteiger partial charge in [-0.05, 0) is 25.9 Å². The maximum Gasteiger partial charge on any atom is 0.236 e. The van der Waals surface area contributed by atoms with Crippen LogP contribution in [-0.4, -0.2) is 61.0 Å². The number of nitrogens with zero attached hydrogens (tertiary/aromatic N) is 2. The normalized spacial score (nSPS) is 26.7. The Morgan fingerprint density at radius 2 is 2.27 bits per heavy atom. The summed E-state index contributed by atoms with van der Waals surface area (Å²) in [4.78, 5) is 16.3. The van der Waals surface area contributed by atoms with E-state index in [0.29, 0.717) is 12.6 Å². The van der Waals surface area contributed by atoms with E-state index in [1.165, 1.54) is 19.4 Å². The van der Waals surface area contributed by atoms with Crippen LogP contribution in [0.5, 0.6) is 0 Å². The zero-order chi connectivity index (χ0) is 10.7. The second-order valence-electron chi connectivity index (χ2n) is 4.45. The highest BCUT2D eigenvalue weighted by Gasteiger charge is 2.31. The number of amides is 1. The fourth-order valence-electron chi connectivity index (χ4n) is 2.56. The second-order valence-corrected chi connectivity index (χ2v) is 4.45. The molecule has 1 amide bonds. The summed E-state index contributed by atoms with van der Waals surface area (Å²) >= 11 is 0. The molecule has 0 aromatic carbocycles. The predicted molar refractivity (Wildman–Crippen MR) is 59.7 cm³/mol. The number of rotatable bonds is 3. The zero-order valence-corrected chi connectivity index (χ0v) is 9.54. The predicted octanol–water partition coefficient (Wildman–Crippen LogP) is -0.0975. The molecule has 2 fully saturated rings. The summed E-state index contributed by atoms with van der Waals surface area (Å²) < 4.78 is 0. The number of piperazine rings is 1. The standard InChI is InChI=1S/C11H21N3O/c1-2-12-8-11(15)14-7-6-13-5-3-4-10(13)9-14/h10,12H,2-9H2,1H3. The fourth-order valence-corrected chi connectivity index (χ4v) is 2.56. The SMILES string of the molecule is CCNCC(=O)N1CCN2CCCC2C1. The van der Waals surface area contributed by atoms with E-state index in [9.17, 15) is 4.79 Å². The van der Waals surface area contributed by atoms with Crippen molar-refractivity contribution in [2.24, 2.45) is 0 Å². The Kier molecular flexibility index (Phi) is 3.59. The molecule has 4 heteroatoms. The largest absolute Gasteiger partial charge is 0.339 e. The molecule has 0 radical (unpaired) electrons. The summed E-state index contributed by atoms with van der Waals surface area (Å²) in [7, 11) is 0. The Balaban J connectivity index is 1.81. The number of carbonyl (C=O) groups is 1. The first kappa shape index (κ1) is 10.9. The van der Waals surface area contributed by atoms with Gasteiger partial charge in [0.25, 0.3) is 0 Å². The van der Waals surface area contributed by atoms with E-state index in [0.717, 1.165) is 26.2 Å². The molecular weight excluding hydrogens is 190 g/mol. The number of likely N-dealkylation sites (N-methyl/N-ethyl adjacent to an activating group) is 1. The number of fused-ring (bicyclic) bond motifs is 1. The molecule has 2 aliphatic heterocycles. The summed E-state index contributed by atoms with van der Waals surface area (Å²) in [5, 5.41) is 3.10. The third kappa shape index (κ3) is 2.49. The molecule has 2 saturated heterocycles. The molecule has 86 valence electrons. The molecule has 1 N–H and O–H groups in total. The van der Waals surface area contributed by atoms with Crippen molar-refractivity contribution in [2.75, 3.05) is 39.3 Å². The van der Waals surface area contributed by atoms with Crippen molar-refractivity contribution in [1.82, 2.24) is 15.1 Å². The molecule has 2 heterocycles. The summed E-state index contributed by atoms with van der Waals surface area (Å²) in [6, 6.07) is 0.643. The van der Waals surface area contributed by atoms with Gasteiger partial charge in [0.15, 0.2) is 0 Å². The van der Waals surface area contributed by atoms with Gasteiger partial charge < -0.3 is 10.2 Å². The van der Waals surface area contributed by atoms with Crippen molar-refractivity contribution in [3.8, 4) is 0 Å². The van der Waals surface area contributed by atoms with Crippen LogP contribution in [-0.2, 0) is 4.79 Å². The van der Waals surface area contributed by atoms with E-state index in [-0.39, 0.29) is 5.91 Å². The first-order chi connectivity index (χ1) is 7.31. The fraction of sp³-hybridized carbons (Fsp3) is 0.909. The Morgan fingerprint density at radius 1 is 1.40 bits per heavy atom. The molecule has 0 spiro atoms. The Labute approximate surface area is 91.6 Å². The minimum absolute atomic E-state index is 0.267. The van der Waals surface area contributed by atoms with E-state index >= 15 is 0 Å². The molecular formula is C11H21N3O. The van der Waals surface area contributed by atoms with Crippen LogP contribution in [0.2, 0.25) is 0 Å². The zero-order valence-electron chi connectivity index (χ0n) is 9.54. The van der Waals surface area contributed by atoms with Crippen LogP contribution in [0.25, 0.3) is 0 Å². The maximum absolute atomic E-state index is 11.8. The van der Waals surface area contributed by atoms with Crippen molar-refractivity contribution < 1.29 is 4.79 Å². The third-order valence-electron chi connectivity index (χ3n) is 3.47. The van der Waals surface area contributed by atoms with Gasteiger partial charge in [-0.15, -0.1) is 0 Å². The van der Waals surface area contributed by atoms with Gasteiger partial charge in [0.05, 0.1) is 6.54 Å². The van der Waals surface area contributed by atoms with Gasteiger partial charge in [0.1, 0.15) is 0 Å². The molecule has 4 nitrogen and oxygen atoms in total. The van der Waals surface area contributed by atoms with Gasteiger partial charge in [-0.2, -0.15) is 0 Å². The summed E-state index contributed by atoms with van der Waals surface area (Å²) in [6.07, 6.45) is 2.57. The minimum atomic E-state index is 0.267.